The highest BCUT2D eigenvalue weighted by molar-refractivity contribution is 7.89. The van der Waals surface area contributed by atoms with Crippen LogP contribution < -0.4 is 10.1 Å². The number of anilines is 1. The van der Waals surface area contributed by atoms with Crippen LogP contribution in [0.5, 0.6) is 5.75 Å². The number of rotatable bonds is 6. The number of amides is 1. The Morgan fingerprint density at radius 2 is 1.68 bits per heavy atom. The van der Waals surface area contributed by atoms with E-state index in [0.717, 1.165) is 11.3 Å². The van der Waals surface area contributed by atoms with Gasteiger partial charge >= 0.3 is 0 Å². The lowest BCUT2D eigenvalue weighted by atomic mass is 9.85. The third-order valence-electron chi connectivity index (χ3n) is 5.59. The molecule has 0 bridgehead atoms. The maximum Gasteiger partial charge on any atom is 0.243 e. The van der Waals surface area contributed by atoms with Crippen molar-refractivity contribution in [1.82, 2.24) is 4.31 Å². The van der Waals surface area contributed by atoms with Crippen molar-refractivity contribution in [1.29, 1.82) is 0 Å². The van der Waals surface area contributed by atoms with Crippen molar-refractivity contribution >= 4 is 21.6 Å². The highest BCUT2D eigenvalue weighted by Gasteiger charge is 2.32. The summed E-state index contributed by atoms with van der Waals surface area (Å²) in [4.78, 5) is 13.1. The van der Waals surface area contributed by atoms with Gasteiger partial charge in [-0.25, -0.2) is 8.42 Å². The maximum atomic E-state index is 13.0. The first-order chi connectivity index (χ1) is 14.6. The van der Waals surface area contributed by atoms with E-state index in [0.29, 0.717) is 38.3 Å². The molecule has 1 saturated heterocycles. The highest BCUT2D eigenvalue weighted by Crippen LogP contribution is 2.31. The quantitative estimate of drug-likeness (QED) is 0.716. The fourth-order valence-corrected chi connectivity index (χ4v) is 5.33. The number of carbonyl (C=O) groups excluding carboxylic acids is 1. The second-order valence-electron chi connectivity index (χ2n) is 8.87. The summed E-state index contributed by atoms with van der Waals surface area (Å²) < 4.78 is 32.8. The van der Waals surface area contributed by atoms with Gasteiger partial charge in [0.2, 0.25) is 15.9 Å². The summed E-state index contributed by atoms with van der Waals surface area (Å²) in [7, 11) is -3.58. The van der Waals surface area contributed by atoms with Gasteiger partial charge in [0, 0.05) is 24.7 Å². The smallest absolute Gasteiger partial charge is 0.243 e. The van der Waals surface area contributed by atoms with Crippen molar-refractivity contribution in [2.45, 2.75) is 50.8 Å². The molecule has 1 heterocycles. The molecule has 31 heavy (non-hydrogen) atoms. The number of piperidine rings is 1. The minimum atomic E-state index is -3.58. The summed E-state index contributed by atoms with van der Waals surface area (Å²) in [5.74, 6) is 0.391. The van der Waals surface area contributed by atoms with Crippen LogP contribution in [-0.4, -0.2) is 38.3 Å². The van der Waals surface area contributed by atoms with Crippen molar-refractivity contribution in [3.8, 4) is 5.75 Å². The van der Waals surface area contributed by atoms with Crippen molar-refractivity contribution < 1.29 is 17.9 Å². The summed E-state index contributed by atoms with van der Waals surface area (Å²) in [6.07, 6.45) is 1.000. The van der Waals surface area contributed by atoms with E-state index in [9.17, 15) is 13.2 Å². The predicted molar refractivity (Wildman–Crippen MR) is 123 cm³/mol. The minimum absolute atomic E-state index is 0.0465. The third-order valence-corrected chi connectivity index (χ3v) is 7.50. The van der Waals surface area contributed by atoms with Crippen LogP contribution in [-0.2, 0) is 20.2 Å². The number of para-hydroxylation sites is 1. The van der Waals surface area contributed by atoms with Gasteiger partial charge in [-0.1, -0.05) is 39.0 Å². The Morgan fingerprint density at radius 3 is 2.26 bits per heavy atom. The van der Waals surface area contributed by atoms with Crippen molar-refractivity contribution in [2.24, 2.45) is 5.92 Å². The summed E-state index contributed by atoms with van der Waals surface area (Å²) in [6.45, 7) is 9.41. The molecule has 1 aliphatic rings. The zero-order valence-electron chi connectivity index (χ0n) is 18.7. The summed E-state index contributed by atoms with van der Waals surface area (Å²) >= 11 is 0. The van der Waals surface area contributed by atoms with Gasteiger partial charge in [0.15, 0.2) is 0 Å². The molecule has 0 spiro atoms. The molecule has 0 unspecified atom stereocenters. The molecular weight excluding hydrogens is 412 g/mol. The first-order valence-corrected chi connectivity index (χ1v) is 12.2. The van der Waals surface area contributed by atoms with Gasteiger partial charge in [-0.3, -0.25) is 4.79 Å². The zero-order chi connectivity index (χ0) is 22.6. The Morgan fingerprint density at radius 1 is 1.06 bits per heavy atom. The molecule has 0 aromatic heterocycles. The summed E-state index contributed by atoms with van der Waals surface area (Å²) in [5, 5.41) is 3.07. The van der Waals surface area contributed by atoms with Crippen LogP contribution in [0.1, 0.15) is 46.1 Å². The second-order valence-corrected chi connectivity index (χ2v) is 10.8. The number of sulfonamides is 1. The van der Waals surface area contributed by atoms with Gasteiger partial charge in [-0.05, 0) is 61.1 Å². The molecule has 0 saturated carbocycles. The maximum absolute atomic E-state index is 13.0. The van der Waals surface area contributed by atoms with E-state index >= 15 is 0 Å². The number of nitrogens with zero attached hydrogens (tertiary/aromatic N) is 1. The molecule has 2 aromatic carbocycles. The number of hydrogen-bond donors (Lipinski definition) is 1. The highest BCUT2D eigenvalue weighted by atomic mass is 32.2. The van der Waals surface area contributed by atoms with Crippen LogP contribution in [0.25, 0.3) is 0 Å². The Hall–Kier alpha value is -2.38. The van der Waals surface area contributed by atoms with E-state index in [1.54, 1.807) is 24.3 Å². The van der Waals surface area contributed by atoms with E-state index in [1.165, 1.54) is 4.31 Å². The van der Waals surface area contributed by atoms with E-state index < -0.39 is 10.0 Å². The van der Waals surface area contributed by atoms with E-state index in [1.807, 2.05) is 31.2 Å². The summed E-state index contributed by atoms with van der Waals surface area (Å²) in [6, 6.07) is 14.3. The lowest BCUT2D eigenvalue weighted by Gasteiger charge is -2.31. The van der Waals surface area contributed by atoms with Crippen LogP contribution in [0, 0.1) is 5.92 Å². The van der Waals surface area contributed by atoms with Crippen LogP contribution in [0.4, 0.5) is 5.69 Å². The molecule has 0 atom stereocenters. The predicted octanol–water partition coefficient (Wildman–Crippen LogP) is 4.42. The largest absolute Gasteiger partial charge is 0.494 e. The molecule has 1 fully saturated rings. The third kappa shape index (κ3) is 5.46. The molecule has 1 amide bonds. The first-order valence-electron chi connectivity index (χ1n) is 10.8. The Balaban J connectivity index is 1.63. The lowest BCUT2D eigenvalue weighted by Crippen LogP contribution is -2.41. The molecule has 1 N–H and O–H groups in total. The van der Waals surface area contributed by atoms with Crippen LogP contribution in [0.2, 0.25) is 0 Å². The molecule has 1 aliphatic heterocycles. The number of hydrogen-bond acceptors (Lipinski definition) is 4. The Labute approximate surface area is 185 Å². The van der Waals surface area contributed by atoms with Crippen molar-refractivity contribution in [3.63, 3.8) is 0 Å². The molecule has 0 radical (unpaired) electrons. The van der Waals surface area contributed by atoms with Gasteiger partial charge in [-0.15, -0.1) is 0 Å². The molecule has 7 heteroatoms. The van der Waals surface area contributed by atoms with E-state index in [-0.39, 0.29) is 22.1 Å². The van der Waals surface area contributed by atoms with Crippen LogP contribution >= 0.6 is 0 Å². The van der Waals surface area contributed by atoms with E-state index in [4.69, 9.17) is 4.74 Å². The molecule has 2 aromatic rings. The van der Waals surface area contributed by atoms with Crippen LogP contribution in [0.3, 0.4) is 0 Å². The molecule has 168 valence electrons. The number of ether oxygens (including phenoxy) is 1. The van der Waals surface area contributed by atoms with Crippen LogP contribution in [0.15, 0.2) is 53.4 Å². The number of nitrogens with one attached hydrogen (secondary N) is 1. The van der Waals surface area contributed by atoms with E-state index in [2.05, 4.69) is 26.1 Å². The van der Waals surface area contributed by atoms with Gasteiger partial charge < -0.3 is 10.1 Å². The zero-order valence-corrected chi connectivity index (χ0v) is 19.5. The summed E-state index contributed by atoms with van der Waals surface area (Å²) in [5.41, 5.74) is 1.82. The van der Waals surface area contributed by atoms with Gasteiger partial charge in [0.05, 0.1) is 11.5 Å². The molecule has 6 nitrogen and oxygen atoms in total. The average Bonchev–Trinajstić information content (AvgIpc) is 2.74. The SMILES string of the molecule is CCOc1ccc(S(=O)(=O)N2CCC(C(=O)Nc3ccccc3C(C)(C)C)CC2)cc1. The first kappa shape index (κ1) is 23.3. The number of benzene rings is 2. The molecular formula is C24H32N2O4S. The lowest BCUT2D eigenvalue weighted by molar-refractivity contribution is -0.120. The van der Waals surface area contributed by atoms with Crippen molar-refractivity contribution in [2.75, 3.05) is 25.0 Å². The minimum Gasteiger partial charge on any atom is -0.494 e. The Bertz CT molecular complexity index is 1000. The monoisotopic (exact) mass is 444 g/mol. The standard InChI is InChI=1S/C24H32N2O4S/c1-5-30-19-10-12-20(13-11-19)31(28,29)26-16-14-18(15-17-26)23(27)25-22-9-7-6-8-21(22)24(2,3)4/h6-13,18H,5,14-17H2,1-4H3,(H,25,27). The normalized spacial score (nSPS) is 16.1. The van der Waals surface area contributed by atoms with Gasteiger partial charge in [0.1, 0.15) is 5.75 Å². The number of carbonyl (C=O) groups is 1. The second kappa shape index (κ2) is 9.40. The Kier molecular flexibility index (Phi) is 7.06. The van der Waals surface area contributed by atoms with Gasteiger partial charge in [-0.2, -0.15) is 4.31 Å². The molecule has 0 aliphatic carbocycles. The fourth-order valence-electron chi connectivity index (χ4n) is 3.86. The van der Waals surface area contributed by atoms with Gasteiger partial charge in [0.25, 0.3) is 0 Å². The fraction of sp³-hybridized carbons (Fsp3) is 0.458. The molecule has 3 rings (SSSR count). The average molecular weight is 445 g/mol. The van der Waals surface area contributed by atoms with Crippen molar-refractivity contribution in [3.05, 3.63) is 54.1 Å². The topological polar surface area (TPSA) is 75.7 Å².